The molecule has 5 rings (SSSR count). The summed E-state index contributed by atoms with van der Waals surface area (Å²) < 4.78 is 15.1. The number of carbonyl (C=O) groups is 2. The SMILES string of the molecule is CC(=O)OCOC(=O)O[C@H]1CC[C@@]2(C)C(=CC[C@@H]3[C@@H]2CC[C@]2(C)C(c4cccnc4)=CC[C@@H]32)C1. The third kappa shape index (κ3) is 3.95. The highest BCUT2D eigenvalue weighted by atomic mass is 16.8. The molecule has 0 aromatic carbocycles. The van der Waals surface area contributed by atoms with E-state index in [2.05, 4.69) is 41.8 Å². The highest BCUT2D eigenvalue weighted by Gasteiger charge is 2.57. The Morgan fingerprint density at radius 1 is 1.06 bits per heavy atom. The highest BCUT2D eigenvalue weighted by molar-refractivity contribution is 5.72. The van der Waals surface area contributed by atoms with Gasteiger partial charge in [0, 0.05) is 25.7 Å². The quantitative estimate of drug-likeness (QED) is 0.305. The maximum atomic E-state index is 12.0. The van der Waals surface area contributed by atoms with E-state index in [1.165, 1.54) is 36.5 Å². The molecule has 1 aromatic rings. The molecule has 6 atom stereocenters. The molecule has 34 heavy (non-hydrogen) atoms. The molecule has 0 bridgehead atoms. The predicted molar refractivity (Wildman–Crippen MR) is 127 cm³/mol. The van der Waals surface area contributed by atoms with Crippen LogP contribution in [-0.2, 0) is 19.0 Å². The van der Waals surface area contributed by atoms with Crippen molar-refractivity contribution in [2.24, 2.45) is 28.6 Å². The summed E-state index contributed by atoms with van der Waals surface area (Å²) in [6.45, 7) is 5.79. The van der Waals surface area contributed by atoms with Gasteiger partial charge in [0.15, 0.2) is 0 Å². The Morgan fingerprint density at radius 2 is 1.88 bits per heavy atom. The van der Waals surface area contributed by atoms with Crippen LogP contribution in [0.15, 0.2) is 42.3 Å². The van der Waals surface area contributed by atoms with E-state index >= 15 is 0 Å². The number of nitrogens with zero attached hydrogens (tertiary/aromatic N) is 1. The van der Waals surface area contributed by atoms with Gasteiger partial charge in [-0.3, -0.25) is 9.78 Å². The molecule has 4 aliphatic rings. The monoisotopic (exact) mass is 465 g/mol. The number of rotatable bonds is 4. The summed E-state index contributed by atoms with van der Waals surface area (Å²) in [5.41, 5.74) is 4.61. The van der Waals surface area contributed by atoms with Gasteiger partial charge in [-0.15, -0.1) is 0 Å². The van der Waals surface area contributed by atoms with Crippen LogP contribution in [0.4, 0.5) is 4.79 Å². The third-order valence-electron chi connectivity index (χ3n) is 9.31. The lowest BCUT2D eigenvalue weighted by Gasteiger charge is -2.57. The number of allylic oxidation sites excluding steroid dienone is 3. The van der Waals surface area contributed by atoms with Crippen LogP contribution in [0.2, 0.25) is 0 Å². The number of carbonyl (C=O) groups excluding carboxylic acids is 2. The van der Waals surface area contributed by atoms with E-state index in [4.69, 9.17) is 9.47 Å². The maximum absolute atomic E-state index is 12.0. The number of aromatic nitrogens is 1. The van der Waals surface area contributed by atoms with Crippen molar-refractivity contribution < 1.29 is 23.8 Å². The Hall–Kier alpha value is -2.63. The van der Waals surface area contributed by atoms with Crippen LogP contribution in [0, 0.1) is 28.6 Å². The second-order valence-corrected chi connectivity index (χ2v) is 10.9. The van der Waals surface area contributed by atoms with Gasteiger partial charge in [0.1, 0.15) is 6.10 Å². The van der Waals surface area contributed by atoms with Crippen molar-refractivity contribution in [3.8, 4) is 0 Å². The van der Waals surface area contributed by atoms with Crippen molar-refractivity contribution >= 4 is 17.7 Å². The summed E-state index contributed by atoms with van der Waals surface area (Å²) in [5.74, 6) is 1.53. The van der Waals surface area contributed by atoms with Crippen LogP contribution in [0.1, 0.15) is 71.3 Å². The summed E-state index contributed by atoms with van der Waals surface area (Å²) in [5, 5.41) is 0. The molecule has 0 N–H and O–H groups in total. The van der Waals surface area contributed by atoms with Gasteiger partial charge in [-0.1, -0.05) is 37.6 Å². The molecule has 0 aliphatic heterocycles. The molecule has 0 spiro atoms. The zero-order chi connectivity index (χ0) is 23.9. The summed E-state index contributed by atoms with van der Waals surface area (Å²) >= 11 is 0. The molecular weight excluding hydrogens is 430 g/mol. The van der Waals surface area contributed by atoms with Crippen molar-refractivity contribution in [3.05, 3.63) is 47.8 Å². The Labute approximate surface area is 201 Å². The first-order valence-corrected chi connectivity index (χ1v) is 12.6. The summed E-state index contributed by atoms with van der Waals surface area (Å²) in [6, 6.07) is 4.25. The third-order valence-corrected chi connectivity index (χ3v) is 9.31. The highest BCUT2D eigenvalue weighted by Crippen LogP contribution is 2.66. The average Bonchev–Trinajstić information content (AvgIpc) is 3.17. The number of fused-ring (bicyclic) bond motifs is 5. The van der Waals surface area contributed by atoms with E-state index in [0.717, 1.165) is 32.1 Å². The van der Waals surface area contributed by atoms with E-state index < -0.39 is 18.9 Å². The Kier molecular flexibility index (Phi) is 6.03. The number of esters is 1. The number of pyridine rings is 1. The van der Waals surface area contributed by atoms with Gasteiger partial charge in [-0.2, -0.15) is 0 Å². The van der Waals surface area contributed by atoms with Crippen LogP contribution >= 0.6 is 0 Å². The average molecular weight is 466 g/mol. The van der Waals surface area contributed by atoms with Gasteiger partial charge in [-0.25, -0.2) is 4.79 Å². The molecule has 0 amide bonds. The van der Waals surface area contributed by atoms with Crippen molar-refractivity contribution in [2.75, 3.05) is 6.79 Å². The van der Waals surface area contributed by atoms with Crippen LogP contribution in [0.5, 0.6) is 0 Å². The zero-order valence-corrected chi connectivity index (χ0v) is 20.4. The maximum Gasteiger partial charge on any atom is 0.511 e. The predicted octanol–water partition coefficient (Wildman–Crippen LogP) is 6.08. The smallest absolute Gasteiger partial charge is 0.431 e. The lowest BCUT2D eigenvalue weighted by atomic mass is 9.47. The Morgan fingerprint density at radius 3 is 2.65 bits per heavy atom. The standard InChI is InChI=1S/C28H35NO5/c1-18(30)32-17-33-26(31)34-21-10-12-27(2)20(15-21)6-7-22-24-9-8-23(19-5-4-14-29-16-19)28(24,3)13-11-25(22)27/h4-6,8,14,16,21-22,24-25H,7,9-13,15,17H2,1-3H3/t21-,22-,24-,25-,27-,28+/m0/s1. The molecule has 2 saturated carbocycles. The minimum absolute atomic E-state index is 0.169. The van der Waals surface area contributed by atoms with Gasteiger partial charge in [-0.05, 0) is 84.3 Å². The Bertz CT molecular complexity index is 1020. The van der Waals surface area contributed by atoms with E-state index in [-0.39, 0.29) is 16.9 Å². The van der Waals surface area contributed by atoms with E-state index in [9.17, 15) is 9.59 Å². The number of ether oxygens (including phenoxy) is 3. The number of hydrogen-bond donors (Lipinski definition) is 0. The van der Waals surface area contributed by atoms with Gasteiger partial charge < -0.3 is 14.2 Å². The van der Waals surface area contributed by atoms with Gasteiger partial charge in [0.2, 0.25) is 6.79 Å². The minimum Gasteiger partial charge on any atom is -0.431 e. The molecule has 2 fully saturated rings. The second kappa shape index (κ2) is 8.86. The molecule has 0 saturated heterocycles. The first-order valence-electron chi connectivity index (χ1n) is 12.6. The molecule has 1 aromatic heterocycles. The summed E-state index contributed by atoms with van der Waals surface area (Å²) in [7, 11) is 0. The second-order valence-electron chi connectivity index (χ2n) is 10.9. The molecule has 6 heteroatoms. The first-order chi connectivity index (χ1) is 16.3. The summed E-state index contributed by atoms with van der Waals surface area (Å²) in [4.78, 5) is 27.2. The zero-order valence-electron chi connectivity index (χ0n) is 20.4. The molecular formula is C28H35NO5. The van der Waals surface area contributed by atoms with Gasteiger partial charge >= 0.3 is 12.1 Å². The fourth-order valence-corrected chi connectivity index (χ4v) is 7.60. The van der Waals surface area contributed by atoms with Crippen molar-refractivity contribution in [3.63, 3.8) is 0 Å². The van der Waals surface area contributed by atoms with Gasteiger partial charge in [0.25, 0.3) is 0 Å². The fraction of sp³-hybridized carbons (Fsp3) is 0.607. The van der Waals surface area contributed by atoms with E-state index in [1.54, 1.807) is 0 Å². The van der Waals surface area contributed by atoms with Crippen molar-refractivity contribution in [1.29, 1.82) is 0 Å². The molecule has 1 heterocycles. The van der Waals surface area contributed by atoms with Crippen LogP contribution < -0.4 is 0 Å². The van der Waals surface area contributed by atoms with Crippen LogP contribution in [-0.4, -0.2) is 30.0 Å². The largest absolute Gasteiger partial charge is 0.511 e. The molecule has 182 valence electrons. The van der Waals surface area contributed by atoms with Crippen molar-refractivity contribution in [1.82, 2.24) is 4.98 Å². The van der Waals surface area contributed by atoms with Crippen molar-refractivity contribution in [2.45, 2.75) is 71.8 Å². The fourth-order valence-electron chi connectivity index (χ4n) is 7.60. The summed E-state index contributed by atoms with van der Waals surface area (Å²) in [6.07, 6.45) is 15.2. The van der Waals surface area contributed by atoms with E-state index in [1.807, 2.05) is 18.5 Å². The van der Waals surface area contributed by atoms with Crippen LogP contribution in [0.25, 0.3) is 5.57 Å². The molecule has 6 nitrogen and oxygen atoms in total. The molecule has 4 aliphatic carbocycles. The lowest BCUT2D eigenvalue weighted by Crippen LogP contribution is -2.50. The topological polar surface area (TPSA) is 74.7 Å². The minimum atomic E-state index is -0.766. The first kappa shape index (κ1) is 23.1. The molecule has 0 unspecified atom stereocenters. The number of hydrogen-bond acceptors (Lipinski definition) is 6. The van der Waals surface area contributed by atoms with Gasteiger partial charge in [0.05, 0.1) is 0 Å². The van der Waals surface area contributed by atoms with Crippen LogP contribution in [0.3, 0.4) is 0 Å². The molecule has 0 radical (unpaired) electrons. The lowest BCUT2D eigenvalue weighted by molar-refractivity contribution is -0.151. The normalized spacial score (nSPS) is 36.2. The Balaban J connectivity index is 1.27. The van der Waals surface area contributed by atoms with E-state index in [0.29, 0.717) is 17.8 Å².